The van der Waals surface area contributed by atoms with Crippen LogP contribution in [0.1, 0.15) is 148 Å². The third-order valence-electron chi connectivity index (χ3n) is 5.84. The first kappa shape index (κ1) is 26.9. The van der Waals surface area contributed by atoms with Gasteiger partial charge in [0.1, 0.15) is 0 Å². The van der Waals surface area contributed by atoms with Crippen molar-refractivity contribution in [3.05, 3.63) is 0 Å². The van der Waals surface area contributed by atoms with E-state index < -0.39 is 0 Å². The number of aliphatic hydroxyl groups excluding tert-OH is 2. The summed E-state index contributed by atoms with van der Waals surface area (Å²) in [5.74, 6) is 0. The highest BCUT2D eigenvalue weighted by molar-refractivity contribution is 4.57. The van der Waals surface area contributed by atoms with Crippen LogP contribution in [-0.4, -0.2) is 22.9 Å². The summed E-state index contributed by atoms with van der Waals surface area (Å²) in [5, 5.41) is 18.6. The third-order valence-corrected chi connectivity index (χ3v) is 5.84. The highest BCUT2D eigenvalue weighted by Crippen LogP contribution is 2.15. The fourth-order valence-electron chi connectivity index (χ4n) is 3.92. The van der Waals surface area contributed by atoms with Gasteiger partial charge in [-0.1, -0.05) is 122 Å². The molecule has 0 aromatic heterocycles. The van der Waals surface area contributed by atoms with Gasteiger partial charge in [0.25, 0.3) is 0 Å². The molecule has 0 aliphatic heterocycles. The topological polar surface area (TPSA) is 40.5 Å². The Morgan fingerprint density at radius 1 is 0.444 bits per heavy atom. The molecule has 2 N–H and O–H groups in total. The monoisotopic (exact) mass is 384 g/mol. The molecule has 0 aromatic rings. The van der Waals surface area contributed by atoms with Gasteiger partial charge >= 0.3 is 0 Å². The lowest BCUT2D eigenvalue weighted by molar-refractivity contribution is 0.144. The molecule has 0 heterocycles. The summed E-state index contributed by atoms with van der Waals surface area (Å²) in [6.45, 7) is 2.54. The second kappa shape index (κ2) is 24.0. The van der Waals surface area contributed by atoms with Crippen LogP contribution in [-0.2, 0) is 0 Å². The Morgan fingerprint density at radius 2 is 0.741 bits per heavy atom. The minimum Gasteiger partial charge on any atom is -0.396 e. The van der Waals surface area contributed by atoms with Crippen molar-refractivity contribution in [2.45, 2.75) is 154 Å². The minimum absolute atomic E-state index is 0.141. The molecule has 1 unspecified atom stereocenters. The van der Waals surface area contributed by atoms with Gasteiger partial charge in [0.2, 0.25) is 0 Å². The van der Waals surface area contributed by atoms with Gasteiger partial charge in [-0.3, -0.25) is 0 Å². The average Bonchev–Trinajstić information content (AvgIpc) is 2.67. The molecule has 2 heteroatoms. The van der Waals surface area contributed by atoms with Crippen molar-refractivity contribution in [2.24, 2.45) is 0 Å². The Hall–Kier alpha value is -0.0800. The predicted octanol–water partition coefficient (Wildman–Crippen LogP) is 7.94. The van der Waals surface area contributed by atoms with Gasteiger partial charge in [0.05, 0.1) is 6.10 Å². The normalized spacial score (nSPS) is 12.6. The lowest BCUT2D eigenvalue weighted by Gasteiger charge is -2.09. The molecule has 1 atom stereocenters. The fourth-order valence-corrected chi connectivity index (χ4v) is 3.92. The summed E-state index contributed by atoms with van der Waals surface area (Å²) >= 11 is 0. The third kappa shape index (κ3) is 23.9. The van der Waals surface area contributed by atoms with Crippen LogP contribution in [0.3, 0.4) is 0 Å². The van der Waals surface area contributed by atoms with E-state index in [1.807, 2.05) is 0 Å². The van der Waals surface area contributed by atoms with E-state index in [9.17, 15) is 5.11 Å². The summed E-state index contributed by atoms with van der Waals surface area (Å²) in [4.78, 5) is 0. The smallest absolute Gasteiger partial charge is 0.0540 e. The highest BCUT2D eigenvalue weighted by atomic mass is 16.3. The van der Waals surface area contributed by atoms with E-state index in [1.165, 1.54) is 116 Å². The van der Waals surface area contributed by atoms with Gasteiger partial charge in [-0.15, -0.1) is 0 Å². The zero-order valence-corrected chi connectivity index (χ0v) is 18.7. The van der Waals surface area contributed by atoms with Crippen LogP contribution in [0.25, 0.3) is 0 Å². The summed E-state index contributed by atoms with van der Waals surface area (Å²) in [7, 11) is 0. The molecule has 0 amide bonds. The Balaban J connectivity index is 3.05. The van der Waals surface area contributed by atoms with E-state index >= 15 is 0 Å². The van der Waals surface area contributed by atoms with Crippen LogP contribution in [0.4, 0.5) is 0 Å². The van der Waals surface area contributed by atoms with Crippen molar-refractivity contribution in [1.82, 2.24) is 0 Å². The summed E-state index contributed by atoms with van der Waals surface area (Å²) in [6.07, 6.45) is 28.7. The molecular formula is C25H52O2. The van der Waals surface area contributed by atoms with Crippen molar-refractivity contribution in [3.63, 3.8) is 0 Å². The lowest BCUT2D eigenvalue weighted by Crippen LogP contribution is -2.06. The standard InChI is InChI=1S/C25H52O2/c1-2-3-4-5-6-7-8-9-10-11-12-13-14-15-16-17-18-19-22-25(27)23-20-21-24-26/h25-27H,2-24H2,1H3. The van der Waals surface area contributed by atoms with Gasteiger partial charge in [0.15, 0.2) is 0 Å². The van der Waals surface area contributed by atoms with E-state index in [0.717, 1.165) is 25.7 Å². The number of hydrogen-bond donors (Lipinski definition) is 2. The first-order chi connectivity index (χ1) is 13.3. The second-order valence-electron chi connectivity index (χ2n) is 8.67. The number of rotatable bonds is 23. The molecular weight excluding hydrogens is 332 g/mol. The van der Waals surface area contributed by atoms with Crippen LogP contribution in [0, 0.1) is 0 Å². The van der Waals surface area contributed by atoms with E-state index in [4.69, 9.17) is 5.11 Å². The Kier molecular flexibility index (Phi) is 23.9. The Labute approximate surface area is 171 Å². The zero-order valence-electron chi connectivity index (χ0n) is 18.7. The largest absolute Gasteiger partial charge is 0.396 e. The van der Waals surface area contributed by atoms with E-state index in [0.29, 0.717) is 0 Å². The van der Waals surface area contributed by atoms with Crippen molar-refractivity contribution >= 4 is 0 Å². The quantitative estimate of drug-likeness (QED) is 0.175. The van der Waals surface area contributed by atoms with Crippen LogP contribution in [0.15, 0.2) is 0 Å². The van der Waals surface area contributed by atoms with E-state index in [2.05, 4.69) is 6.92 Å². The van der Waals surface area contributed by atoms with Gasteiger partial charge in [0, 0.05) is 6.61 Å². The summed E-state index contributed by atoms with van der Waals surface area (Å²) in [6, 6.07) is 0. The van der Waals surface area contributed by atoms with E-state index in [-0.39, 0.29) is 12.7 Å². The molecule has 0 rings (SSSR count). The molecule has 0 aliphatic rings. The summed E-state index contributed by atoms with van der Waals surface area (Å²) < 4.78 is 0. The number of aliphatic hydroxyl groups is 2. The van der Waals surface area contributed by atoms with Crippen LogP contribution in [0.2, 0.25) is 0 Å². The molecule has 0 bridgehead atoms. The SMILES string of the molecule is CCCCCCCCCCCCCCCCCCCCC(O)CCCCO. The van der Waals surface area contributed by atoms with Gasteiger partial charge in [-0.25, -0.2) is 0 Å². The van der Waals surface area contributed by atoms with Crippen LogP contribution >= 0.6 is 0 Å². The molecule has 164 valence electrons. The van der Waals surface area contributed by atoms with Gasteiger partial charge in [-0.05, 0) is 25.7 Å². The Bertz CT molecular complexity index is 255. The second-order valence-corrected chi connectivity index (χ2v) is 8.67. The molecule has 0 spiro atoms. The zero-order chi connectivity index (χ0) is 19.8. The van der Waals surface area contributed by atoms with Crippen molar-refractivity contribution < 1.29 is 10.2 Å². The molecule has 0 aliphatic carbocycles. The van der Waals surface area contributed by atoms with Crippen molar-refractivity contribution in [2.75, 3.05) is 6.61 Å². The average molecular weight is 385 g/mol. The van der Waals surface area contributed by atoms with Crippen molar-refractivity contribution in [3.8, 4) is 0 Å². The lowest BCUT2D eigenvalue weighted by atomic mass is 10.0. The number of unbranched alkanes of at least 4 members (excludes halogenated alkanes) is 18. The fraction of sp³-hybridized carbons (Fsp3) is 1.00. The van der Waals surface area contributed by atoms with E-state index in [1.54, 1.807) is 0 Å². The van der Waals surface area contributed by atoms with Gasteiger partial charge in [-0.2, -0.15) is 0 Å². The van der Waals surface area contributed by atoms with Crippen molar-refractivity contribution in [1.29, 1.82) is 0 Å². The first-order valence-electron chi connectivity index (χ1n) is 12.6. The predicted molar refractivity (Wildman–Crippen MR) is 120 cm³/mol. The molecule has 0 saturated carbocycles. The maximum Gasteiger partial charge on any atom is 0.0540 e. The van der Waals surface area contributed by atoms with Gasteiger partial charge < -0.3 is 10.2 Å². The molecule has 0 aromatic carbocycles. The van der Waals surface area contributed by atoms with Crippen LogP contribution in [0.5, 0.6) is 0 Å². The molecule has 27 heavy (non-hydrogen) atoms. The minimum atomic E-state index is -0.141. The molecule has 0 fully saturated rings. The molecule has 2 nitrogen and oxygen atoms in total. The maximum atomic E-state index is 9.83. The maximum absolute atomic E-state index is 9.83. The highest BCUT2D eigenvalue weighted by Gasteiger charge is 2.03. The first-order valence-corrected chi connectivity index (χ1v) is 12.6. The molecule has 0 saturated heterocycles. The Morgan fingerprint density at radius 3 is 1.07 bits per heavy atom. The molecule has 0 radical (unpaired) electrons. The van der Waals surface area contributed by atoms with Crippen LogP contribution < -0.4 is 0 Å². The summed E-state index contributed by atoms with van der Waals surface area (Å²) in [5.41, 5.74) is 0. The number of hydrogen-bond acceptors (Lipinski definition) is 2.